The number of benzene rings is 1. The van der Waals surface area contributed by atoms with E-state index in [9.17, 15) is 28.0 Å². The number of ether oxygens (including phenoxy) is 1. The zero-order valence-electron chi connectivity index (χ0n) is 19.4. The largest absolute Gasteiger partial charge is 0.481 e. The molecule has 2 heterocycles. The number of amides is 2. The molecule has 11 heteroatoms. The van der Waals surface area contributed by atoms with Gasteiger partial charge in [-0.05, 0) is 50.2 Å². The molecule has 35 heavy (non-hydrogen) atoms. The fourth-order valence-electron chi connectivity index (χ4n) is 4.69. The number of sulfone groups is 1. The van der Waals surface area contributed by atoms with Crippen LogP contribution in [-0.2, 0) is 29.0 Å². The summed E-state index contributed by atoms with van der Waals surface area (Å²) in [5.74, 6) is -3.12. The number of rotatable bonds is 13. The molecule has 0 spiro atoms. The molecule has 2 saturated heterocycles. The first-order valence-electron chi connectivity index (χ1n) is 11.7. The molecule has 0 radical (unpaired) electrons. The van der Waals surface area contributed by atoms with Gasteiger partial charge in [-0.25, -0.2) is 13.5 Å². The standard InChI is InChI=1S/C24H32N2O8S/c27-22(16-35(32,33)17-8-4-3-5-9-17)25-14-23(28)26(31)15-19-18(20-12-13-21(19)34-20)10-6-1-2-7-11-24(29)30/h1,3-6,8-9,18-21,31H,2,7,10-16H2,(H,25,27)(H,29,30)/b6-1-/t18-,19+,20-,21+/m0/s1. The molecule has 0 aliphatic carbocycles. The highest BCUT2D eigenvalue weighted by atomic mass is 32.2. The van der Waals surface area contributed by atoms with Gasteiger partial charge >= 0.3 is 5.97 Å². The Morgan fingerprint density at radius 2 is 1.77 bits per heavy atom. The molecule has 4 atom stereocenters. The number of fused-ring (bicyclic) bond motifs is 2. The first kappa shape index (κ1) is 26.8. The molecule has 0 aromatic heterocycles. The number of nitrogens with one attached hydrogen (secondary N) is 1. The van der Waals surface area contributed by atoms with Gasteiger partial charge in [0.05, 0.1) is 30.2 Å². The van der Waals surface area contributed by atoms with E-state index in [4.69, 9.17) is 9.84 Å². The van der Waals surface area contributed by atoms with Gasteiger partial charge in [0.2, 0.25) is 5.91 Å². The third-order valence-corrected chi connectivity index (χ3v) is 8.09. The Hall–Kier alpha value is -2.76. The van der Waals surface area contributed by atoms with Gasteiger partial charge in [0.15, 0.2) is 9.84 Å². The zero-order chi connectivity index (χ0) is 25.4. The van der Waals surface area contributed by atoms with Gasteiger partial charge in [0, 0.05) is 12.3 Å². The molecule has 192 valence electrons. The van der Waals surface area contributed by atoms with Gasteiger partial charge in [-0.3, -0.25) is 19.6 Å². The van der Waals surface area contributed by atoms with Gasteiger partial charge < -0.3 is 15.2 Å². The number of hydroxylamine groups is 2. The van der Waals surface area contributed by atoms with Crippen molar-refractivity contribution in [3.8, 4) is 0 Å². The minimum atomic E-state index is -3.83. The summed E-state index contributed by atoms with van der Waals surface area (Å²) in [4.78, 5) is 35.1. The zero-order valence-corrected chi connectivity index (χ0v) is 20.2. The molecule has 2 aliphatic heterocycles. The smallest absolute Gasteiger partial charge is 0.303 e. The van der Waals surface area contributed by atoms with E-state index in [0.29, 0.717) is 24.3 Å². The third-order valence-electron chi connectivity index (χ3n) is 6.46. The summed E-state index contributed by atoms with van der Waals surface area (Å²) in [6.07, 6.45) is 7.79. The van der Waals surface area contributed by atoms with E-state index in [2.05, 4.69) is 5.32 Å². The summed E-state index contributed by atoms with van der Waals surface area (Å²) in [6, 6.07) is 7.56. The molecule has 0 saturated carbocycles. The molecule has 1 aromatic carbocycles. The van der Waals surface area contributed by atoms with E-state index in [-0.39, 0.29) is 41.9 Å². The Balaban J connectivity index is 1.45. The summed E-state index contributed by atoms with van der Waals surface area (Å²) in [6.45, 7) is -0.467. The molecule has 2 amide bonds. The van der Waals surface area contributed by atoms with Crippen molar-refractivity contribution in [1.29, 1.82) is 0 Å². The highest BCUT2D eigenvalue weighted by molar-refractivity contribution is 7.92. The van der Waals surface area contributed by atoms with Gasteiger partial charge in [-0.15, -0.1) is 0 Å². The van der Waals surface area contributed by atoms with Crippen LogP contribution in [0, 0.1) is 11.8 Å². The fraction of sp³-hybridized carbons (Fsp3) is 0.542. The molecule has 3 N–H and O–H groups in total. The van der Waals surface area contributed by atoms with E-state index >= 15 is 0 Å². The van der Waals surface area contributed by atoms with Crippen molar-refractivity contribution >= 4 is 27.6 Å². The molecular formula is C24H32N2O8S. The number of carboxylic acids is 1. The van der Waals surface area contributed by atoms with E-state index in [1.165, 1.54) is 12.1 Å². The van der Waals surface area contributed by atoms with Crippen LogP contribution in [0.15, 0.2) is 47.4 Å². The van der Waals surface area contributed by atoms with Gasteiger partial charge in [0.25, 0.3) is 5.91 Å². The van der Waals surface area contributed by atoms with Gasteiger partial charge in [-0.2, -0.15) is 0 Å². The van der Waals surface area contributed by atoms with E-state index < -0.39 is 39.9 Å². The fourth-order valence-corrected chi connectivity index (χ4v) is 5.88. The average Bonchev–Trinajstić information content (AvgIpc) is 3.42. The monoisotopic (exact) mass is 508 g/mol. The Kier molecular flexibility index (Phi) is 9.41. The van der Waals surface area contributed by atoms with Crippen molar-refractivity contribution in [1.82, 2.24) is 10.4 Å². The number of allylic oxidation sites excluding steroid dienone is 2. The lowest BCUT2D eigenvalue weighted by atomic mass is 9.77. The van der Waals surface area contributed by atoms with E-state index in [0.717, 1.165) is 12.8 Å². The molecule has 1 aromatic rings. The highest BCUT2D eigenvalue weighted by Gasteiger charge is 2.48. The van der Waals surface area contributed by atoms with Crippen molar-refractivity contribution < 1.29 is 37.9 Å². The second kappa shape index (κ2) is 12.3. The predicted molar refractivity (Wildman–Crippen MR) is 125 cm³/mol. The minimum Gasteiger partial charge on any atom is -0.481 e. The number of carbonyl (C=O) groups excluding carboxylic acids is 2. The van der Waals surface area contributed by atoms with Crippen molar-refractivity contribution in [2.24, 2.45) is 11.8 Å². The number of unbranched alkanes of at least 4 members (excludes halogenated alkanes) is 1. The second-order valence-corrected chi connectivity index (χ2v) is 10.9. The van der Waals surface area contributed by atoms with Crippen molar-refractivity contribution in [3.05, 3.63) is 42.5 Å². The summed E-state index contributed by atoms with van der Waals surface area (Å²) in [5, 5.41) is 21.9. The predicted octanol–water partition coefficient (Wildman–Crippen LogP) is 1.79. The Bertz CT molecular complexity index is 1030. The first-order chi connectivity index (χ1) is 16.7. The maximum absolute atomic E-state index is 12.4. The van der Waals surface area contributed by atoms with Crippen LogP contribution in [0.25, 0.3) is 0 Å². The average molecular weight is 509 g/mol. The van der Waals surface area contributed by atoms with Crippen molar-refractivity contribution in [2.45, 2.75) is 55.6 Å². The minimum absolute atomic E-state index is 0.0172. The van der Waals surface area contributed by atoms with Crippen LogP contribution in [0.5, 0.6) is 0 Å². The number of aliphatic carboxylic acids is 1. The summed E-state index contributed by atoms with van der Waals surface area (Å²) >= 11 is 0. The third kappa shape index (κ3) is 7.61. The van der Waals surface area contributed by atoms with E-state index in [1.807, 2.05) is 12.2 Å². The van der Waals surface area contributed by atoms with Crippen LogP contribution in [0.1, 0.15) is 38.5 Å². The highest BCUT2D eigenvalue weighted by Crippen LogP contribution is 2.45. The lowest BCUT2D eigenvalue weighted by Crippen LogP contribution is -2.44. The summed E-state index contributed by atoms with van der Waals surface area (Å²) in [7, 11) is -3.83. The van der Waals surface area contributed by atoms with Crippen LogP contribution in [0.4, 0.5) is 0 Å². The molecule has 2 aliphatic rings. The lowest BCUT2D eigenvalue weighted by Gasteiger charge is -2.29. The molecule has 0 unspecified atom stereocenters. The first-order valence-corrected chi connectivity index (χ1v) is 13.4. The summed E-state index contributed by atoms with van der Waals surface area (Å²) < 4.78 is 30.6. The summed E-state index contributed by atoms with van der Waals surface area (Å²) in [5.41, 5.74) is 0. The van der Waals surface area contributed by atoms with E-state index in [1.54, 1.807) is 18.2 Å². The number of nitrogens with zero attached hydrogens (tertiary/aromatic N) is 1. The maximum Gasteiger partial charge on any atom is 0.303 e. The number of hydrogen-bond donors (Lipinski definition) is 3. The van der Waals surface area contributed by atoms with Crippen LogP contribution in [-0.4, -0.2) is 72.6 Å². The molecular weight excluding hydrogens is 476 g/mol. The van der Waals surface area contributed by atoms with Crippen LogP contribution in [0.2, 0.25) is 0 Å². The Labute approximate surface area is 204 Å². The van der Waals surface area contributed by atoms with Crippen molar-refractivity contribution in [3.63, 3.8) is 0 Å². The second-order valence-electron chi connectivity index (χ2n) is 8.94. The molecule has 2 fully saturated rings. The number of carboxylic acid groups (broad SMARTS) is 1. The van der Waals surface area contributed by atoms with Gasteiger partial charge in [0.1, 0.15) is 5.75 Å². The quantitative estimate of drug-likeness (QED) is 0.158. The Morgan fingerprint density at radius 1 is 1.09 bits per heavy atom. The topological polar surface area (TPSA) is 150 Å². The molecule has 3 rings (SSSR count). The van der Waals surface area contributed by atoms with Crippen LogP contribution < -0.4 is 5.32 Å². The number of hydrogen-bond acceptors (Lipinski definition) is 7. The van der Waals surface area contributed by atoms with Gasteiger partial charge in [-0.1, -0.05) is 30.4 Å². The Morgan fingerprint density at radius 3 is 2.46 bits per heavy atom. The maximum atomic E-state index is 12.4. The van der Waals surface area contributed by atoms with Crippen LogP contribution >= 0.6 is 0 Å². The molecule has 10 nitrogen and oxygen atoms in total. The lowest BCUT2D eigenvalue weighted by molar-refractivity contribution is -0.168. The van der Waals surface area contributed by atoms with Crippen LogP contribution in [0.3, 0.4) is 0 Å². The SMILES string of the molecule is O=C(O)CCC/C=C\C[C@H]1[C@@H](CN(O)C(=O)CNC(=O)CS(=O)(=O)c2ccccc2)[C@H]2CC[C@@H]1O2. The normalized spacial score (nSPS) is 23.5. The molecule has 2 bridgehead atoms. The number of carbonyl (C=O) groups is 3. The van der Waals surface area contributed by atoms with Crippen molar-refractivity contribution in [2.75, 3.05) is 18.8 Å².